The predicted octanol–water partition coefficient (Wildman–Crippen LogP) is 2.33. The fraction of sp³-hybridized carbons (Fsp3) is 0.615. The summed E-state index contributed by atoms with van der Waals surface area (Å²) in [7, 11) is 0. The van der Waals surface area contributed by atoms with E-state index in [1.807, 2.05) is 13.8 Å². The molecule has 0 bridgehead atoms. The Kier molecular flexibility index (Phi) is 3.80. The first-order chi connectivity index (χ1) is 8.50. The van der Waals surface area contributed by atoms with Gasteiger partial charge in [0.15, 0.2) is 5.82 Å². The minimum absolute atomic E-state index is 0.388. The number of aryl methyl sites for hydroxylation is 1. The van der Waals surface area contributed by atoms with Crippen LogP contribution in [-0.4, -0.2) is 21.2 Å². The van der Waals surface area contributed by atoms with Gasteiger partial charge in [0.25, 0.3) is 0 Å². The summed E-state index contributed by atoms with van der Waals surface area (Å²) in [4.78, 5) is 0.388. The number of aromatic nitrogens is 2. The third-order valence-electron chi connectivity index (χ3n) is 3.88. The zero-order valence-corrected chi connectivity index (χ0v) is 12.0. The molecule has 1 fully saturated rings. The molecule has 0 saturated heterocycles. The van der Waals surface area contributed by atoms with Crippen molar-refractivity contribution in [3.8, 4) is 0 Å². The Morgan fingerprint density at radius 1 is 1.33 bits per heavy atom. The van der Waals surface area contributed by atoms with Gasteiger partial charge in [0.05, 0.1) is 11.3 Å². The van der Waals surface area contributed by atoms with Crippen LogP contribution in [0.2, 0.25) is 0 Å². The van der Waals surface area contributed by atoms with Gasteiger partial charge in [0.1, 0.15) is 4.99 Å². The van der Waals surface area contributed by atoms with Crippen LogP contribution in [0.25, 0.3) is 0 Å². The number of nitrogens with zero attached hydrogens (tertiary/aromatic N) is 2. The van der Waals surface area contributed by atoms with Crippen LogP contribution in [-0.2, 0) is 0 Å². The Balaban J connectivity index is 2.32. The van der Waals surface area contributed by atoms with Crippen molar-refractivity contribution in [3.63, 3.8) is 0 Å². The molecule has 1 aliphatic rings. The molecule has 2 rings (SSSR count). The first kappa shape index (κ1) is 13.2. The van der Waals surface area contributed by atoms with E-state index in [0.29, 0.717) is 16.9 Å². The molecule has 0 aromatic carbocycles. The summed E-state index contributed by atoms with van der Waals surface area (Å²) >= 11 is 5.14. The first-order valence-electron chi connectivity index (χ1n) is 6.41. The van der Waals surface area contributed by atoms with Gasteiger partial charge < -0.3 is 11.1 Å². The Labute approximate surface area is 113 Å². The van der Waals surface area contributed by atoms with Crippen molar-refractivity contribution in [2.75, 3.05) is 5.32 Å². The van der Waals surface area contributed by atoms with Crippen LogP contribution >= 0.6 is 12.2 Å². The van der Waals surface area contributed by atoms with Gasteiger partial charge >= 0.3 is 0 Å². The summed E-state index contributed by atoms with van der Waals surface area (Å²) < 4.78 is 0. The smallest absolute Gasteiger partial charge is 0.159 e. The molecule has 1 aromatic rings. The van der Waals surface area contributed by atoms with Crippen molar-refractivity contribution in [1.29, 1.82) is 0 Å². The van der Waals surface area contributed by atoms with Crippen molar-refractivity contribution in [1.82, 2.24) is 10.2 Å². The molecule has 2 atom stereocenters. The van der Waals surface area contributed by atoms with Crippen molar-refractivity contribution in [2.45, 2.75) is 46.1 Å². The average molecular weight is 264 g/mol. The zero-order chi connectivity index (χ0) is 13.3. The average Bonchev–Trinajstić information content (AvgIpc) is 2.69. The van der Waals surface area contributed by atoms with E-state index < -0.39 is 0 Å². The highest BCUT2D eigenvalue weighted by molar-refractivity contribution is 7.80. The van der Waals surface area contributed by atoms with Crippen molar-refractivity contribution >= 4 is 23.0 Å². The third kappa shape index (κ3) is 2.46. The van der Waals surface area contributed by atoms with Gasteiger partial charge in [-0.25, -0.2) is 0 Å². The fourth-order valence-electron chi connectivity index (χ4n) is 2.55. The van der Waals surface area contributed by atoms with Crippen LogP contribution in [0.4, 0.5) is 5.82 Å². The molecular weight excluding hydrogens is 244 g/mol. The molecule has 2 unspecified atom stereocenters. The van der Waals surface area contributed by atoms with Gasteiger partial charge in [-0.05, 0) is 38.2 Å². The van der Waals surface area contributed by atoms with Crippen LogP contribution in [0.15, 0.2) is 0 Å². The second-order valence-corrected chi connectivity index (χ2v) is 5.60. The summed E-state index contributed by atoms with van der Waals surface area (Å²) in [6.07, 6.45) is 3.70. The zero-order valence-electron chi connectivity index (χ0n) is 11.2. The molecule has 1 heterocycles. The monoisotopic (exact) mass is 264 g/mol. The fourth-order valence-corrected chi connectivity index (χ4v) is 2.80. The molecule has 1 aliphatic carbocycles. The van der Waals surface area contributed by atoms with E-state index in [1.54, 1.807) is 0 Å². The lowest BCUT2D eigenvalue weighted by Gasteiger charge is -2.20. The highest BCUT2D eigenvalue weighted by Gasteiger charge is 2.25. The molecule has 1 aromatic heterocycles. The van der Waals surface area contributed by atoms with Crippen molar-refractivity contribution < 1.29 is 0 Å². The van der Waals surface area contributed by atoms with Gasteiger partial charge in [-0.1, -0.05) is 25.6 Å². The number of nitrogens with one attached hydrogen (secondary N) is 1. The summed E-state index contributed by atoms with van der Waals surface area (Å²) in [5, 5.41) is 11.9. The number of hydrogen-bond acceptors (Lipinski definition) is 4. The number of thiocarbonyl (C=S) groups is 1. The largest absolute Gasteiger partial charge is 0.389 e. The van der Waals surface area contributed by atoms with E-state index in [0.717, 1.165) is 22.6 Å². The van der Waals surface area contributed by atoms with E-state index in [4.69, 9.17) is 18.0 Å². The lowest BCUT2D eigenvalue weighted by Crippen LogP contribution is -2.26. The maximum atomic E-state index is 5.82. The predicted molar refractivity (Wildman–Crippen MR) is 77.8 cm³/mol. The Hall–Kier alpha value is -1.23. The quantitative estimate of drug-likeness (QED) is 0.820. The Bertz CT molecular complexity index is 472. The summed E-state index contributed by atoms with van der Waals surface area (Å²) in [6.45, 7) is 6.17. The number of anilines is 1. The summed E-state index contributed by atoms with van der Waals surface area (Å²) in [5.74, 6) is 1.40. The second-order valence-electron chi connectivity index (χ2n) is 5.16. The molecule has 0 amide bonds. The number of rotatable bonds is 3. The lowest BCUT2D eigenvalue weighted by atomic mass is 10.0. The molecule has 4 nitrogen and oxygen atoms in total. The van der Waals surface area contributed by atoms with Crippen LogP contribution in [0.1, 0.15) is 43.0 Å². The maximum Gasteiger partial charge on any atom is 0.159 e. The van der Waals surface area contributed by atoms with Gasteiger partial charge in [-0.2, -0.15) is 5.10 Å². The third-order valence-corrected chi connectivity index (χ3v) is 4.09. The molecule has 3 N–H and O–H groups in total. The highest BCUT2D eigenvalue weighted by Crippen LogP contribution is 2.29. The maximum absolute atomic E-state index is 5.82. The van der Waals surface area contributed by atoms with Crippen LogP contribution in [0, 0.1) is 19.8 Å². The van der Waals surface area contributed by atoms with Crippen molar-refractivity contribution in [2.24, 2.45) is 11.7 Å². The summed E-state index contributed by atoms with van der Waals surface area (Å²) in [6, 6.07) is 0.453. The molecule has 0 aliphatic heterocycles. The second kappa shape index (κ2) is 5.18. The molecule has 98 valence electrons. The first-order valence-corrected chi connectivity index (χ1v) is 6.81. The summed E-state index contributed by atoms with van der Waals surface area (Å²) in [5.41, 5.74) is 8.56. The van der Waals surface area contributed by atoms with Crippen LogP contribution < -0.4 is 11.1 Å². The van der Waals surface area contributed by atoms with E-state index in [-0.39, 0.29) is 0 Å². The minimum atomic E-state index is 0.388. The highest BCUT2D eigenvalue weighted by atomic mass is 32.1. The van der Waals surface area contributed by atoms with E-state index in [9.17, 15) is 0 Å². The topological polar surface area (TPSA) is 63.8 Å². The van der Waals surface area contributed by atoms with Crippen LogP contribution in [0.5, 0.6) is 0 Å². The molecule has 5 heteroatoms. The van der Waals surface area contributed by atoms with Gasteiger partial charge in [-0.15, -0.1) is 5.10 Å². The van der Waals surface area contributed by atoms with Gasteiger partial charge in [0, 0.05) is 6.04 Å². The Morgan fingerprint density at radius 3 is 2.61 bits per heavy atom. The van der Waals surface area contributed by atoms with Crippen molar-refractivity contribution in [3.05, 3.63) is 16.8 Å². The molecular formula is C13H20N4S. The van der Waals surface area contributed by atoms with Crippen LogP contribution in [0.3, 0.4) is 0 Å². The molecule has 0 spiro atoms. The van der Waals surface area contributed by atoms with Gasteiger partial charge in [-0.3, -0.25) is 0 Å². The SMILES string of the molecule is Cc1nnc(NC2CCCC2C)c(C(N)=S)c1C. The molecule has 1 saturated carbocycles. The Morgan fingerprint density at radius 2 is 2.06 bits per heavy atom. The van der Waals surface area contributed by atoms with Gasteiger partial charge in [0.2, 0.25) is 0 Å². The molecule has 18 heavy (non-hydrogen) atoms. The normalized spacial score (nSPS) is 23.1. The van der Waals surface area contributed by atoms with E-state index >= 15 is 0 Å². The molecule has 0 radical (unpaired) electrons. The van der Waals surface area contributed by atoms with E-state index in [1.165, 1.54) is 19.3 Å². The standard InChI is InChI=1S/C13H20N4S/c1-7-5-4-6-10(7)15-13-11(12(14)18)8(2)9(3)16-17-13/h7,10H,4-6H2,1-3H3,(H2,14,18)(H,15,17). The van der Waals surface area contributed by atoms with E-state index in [2.05, 4.69) is 22.4 Å². The lowest BCUT2D eigenvalue weighted by molar-refractivity contribution is 0.554. The minimum Gasteiger partial charge on any atom is -0.389 e. The number of nitrogens with two attached hydrogens (primary N) is 1. The number of hydrogen-bond donors (Lipinski definition) is 2.